The highest BCUT2D eigenvalue weighted by atomic mass is 32.2. The van der Waals surface area contributed by atoms with Gasteiger partial charge in [-0.15, -0.1) is 0 Å². The Hall–Kier alpha value is -1.44. The Morgan fingerprint density at radius 1 is 1.39 bits per heavy atom. The molecule has 0 bridgehead atoms. The fourth-order valence-electron chi connectivity index (χ4n) is 1.19. The molecule has 0 saturated heterocycles. The fourth-order valence-corrected chi connectivity index (χ4v) is 2.14. The molecule has 1 amide bonds. The zero-order valence-electron chi connectivity index (χ0n) is 10.4. The van der Waals surface area contributed by atoms with E-state index in [2.05, 4.69) is 5.32 Å². The summed E-state index contributed by atoms with van der Waals surface area (Å²) in [6.45, 7) is 1.33. The maximum Gasteiger partial charge on any atom is 0.252 e. The van der Waals surface area contributed by atoms with Gasteiger partial charge in [0.05, 0.1) is 4.90 Å². The summed E-state index contributed by atoms with van der Waals surface area (Å²) in [5, 5.41) is 11.5. The summed E-state index contributed by atoms with van der Waals surface area (Å²) in [5.41, 5.74) is 0.323. The summed E-state index contributed by atoms with van der Waals surface area (Å²) in [6.07, 6.45) is -1.15. The van der Waals surface area contributed by atoms with Gasteiger partial charge in [-0.1, -0.05) is 6.07 Å². The number of nitrogens with one attached hydrogen (secondary N) is 1. The van der Waals surface area contributed by atoms with Crippen LogP contribution in [0.15, 0.2) is 29.2 Å². The fraction of sp³-hybridized carbons (Fsp3) is 0.364. The molecule has 0 saturated carbocycles. The molecule has 100 valence electrons. The van der Waals surface area contributed by atoms with Crippen LogP contribution in [0.4, 0.5) is 5.69 Å². The number of aliphatic hydroxyl groups is 1. The monoisotopic (exact) mass is 272 g/mol. The van der Waals surface area contributed by atoms with Crippen molar-refractivity contribution < 1.29 is 18.3 Å². The third-order valence-electron chi connectivity index (χ3n) is 2.26. The number of benzene rings is 1. The maximum atomic E-state index is 11.9. The summed E-state index contributed by atoms with van der Waals surface area (Å²) < 4.78 is 24.8. The molecule has 6 nitrogen and oxygen atoms in total. The van der Waals surface area contributed by atoms with E-state index in [9.17, 15) is 13.2 Å². The van der Waals surface area contributed by atoms with E-state index >= 15 is 0 Å². The predicted molar refractivity (Wildman–Crippen MR) is 67.6 cm³/mol. The zero-order valence-corrected chi connectivity index (χ0v) is 11.2. The van der Waals surface area contributed by atoms with E-state index in [0.717, 1.165) is 4.31 Å². The summed E-state index contributed by atoms with van der Waals surface area (Å²) in [6, 6.07) is 5.85. The average molecular weight is 272 g/mol. The first-order chi connectivity index (χ1) is 8.25. The SMILES string of the molecule is C[C@H](O)C(=O)Nc1cccc(S(=O)(=O)N(C)C)c1. The van der Waals surface area contributed by atoms with Crippen LogP contribution in [0, 0.1) is 0 Å². The first kappa shape index (κ1) is 14.6. The van der Waals surface area contributed by atoms with Crippen LogP contribution in [0.25, 0.3) is 0 Å². The highest BCUT2D eigenvalue weighted by molar-refractivity contribution is 7.89. The van der Waals surface area contributed by atoms with Gasteiger partial charge in [0.2, 0.25) is 10.0 Å². The van der Waals surface area contributed by atoms with Crippen molar-refractivity contribution in [2.24, 2.45) is 0 Å². The largest absolute Gasteiger partial charge is 0.384 e. The zero-order chi connectivity index (χ0) is 13.9. The van der Waals surface area contributed by atoms with Crippen molar-refractivity contribution in [1.29, 1.82) is 0 Å². The second-order valence-corrected chi connectivity index (χ2v) is 6.13. The van der Waals surface area contributed by atoms with Gasteiger partial charge in [-0.25, -0.2) is 12.7 Å². The normalized spacial score (nSPS) is 13.4. The van der Waals surface area contributed by atoms with Gasteiger partial charge in [0.25, 0.3) is 5.91 Å². The number of carbonyl (C=O) groups excluding carboxylic acids is 1. The van der Waals surface area contributed by atoms with Crippen LogP contribution in [0.5, 0.6) is 0 Å². The Morgan fingerprint density at radius 2 is 2.00 bits per heavy atom. The van der Waals surface area contributed by atoms with Crippen molar-refractivity contribution in [2.75, 3.05) is 19.4 Å². The molecular weight excluding hydrogens is 256 g/mol. The number of carbonyl (C=O) groups is 1. The summed E-state index contributed by atoms with van der Waals surface area (Å²) in [5.74, 6) is -0.589. The van der Waals surface area contributed by atoms with Crippen LogP contribution >= 0.6 is 0 Å². The molecule has 0 aliphatic carbocycles. The second kappa shape index (κ2) is 5.47. The molecule has 1 rings (SSSR count). The van der Waals surface area contributed by atoms with Crippen LogP contribution in [0.1, 0.15) is 6.92 Å². The van der Waals surface area contributed by atoms with Gasteiger partial charge >= 0.3 is 0 Å². The number of hydrogen-bond donors (Lipinski definition) is 2. The number of anilines is 1. The number of sulfonamides is 1. The van der Waals surface area contributed by atoms with Gasteiger partial charge in [-0.3, -0.25) is 4.79 Å². The highest BCUT2D eigenvalue weighted by Gasteiger charge is 2.18. The number of hydrogen-bond acceptors (Lipinski definition) is 4. The third kappa shape index (κ3) is 3.28. The van der Waals surface area contributed by atoms with Gasteiger partial charge in [0.15, 0.2) is 0 Å². The Labute approximate surface area is 106 Å². The molecule has 0 unspecified atom stereocenters. The minimum Gasteiger partial charge on any atom is -0.384 e. The summed E-state index contributed by atoms with van der Waals surface area (Å²) in [4.78, 5) is 11.4. The molecule has 0 radical (unpaired) electrons. The molecule has 0 spiro atoms. The minimum absolute atomic E-state index is 0.0795. The van der Waals surface area contributed by atoms with Gasteiger partial charge < -0.3 is 10.4 Å². The van der Waals surface area contributed by atoms with Crippen molar-refractivity contribution in [2.45, 2.75) is 17.9 Å². The molecule has 0 aliphatic rings. The lowest BCUT2D eigenvalue weighted by molar-refractivity contribution is -0.123. The minimum atomic E-state index is -3.54. The van der Waals surface area contributed by atoms with Crippen LogP contribution < -0.4 is 5.32 Å². The van der Waals surface area contributed by atoms with Crippen molar-refractivity contribution in [3.05, 3.63) is 24.3 Å². The van der Waals surface area contributed by atoms with Gasteiger partial charge in [0, 0.05) is 19.8 Å². The molecule has 7 heteroatoms. The standard InChI is InChI=1S/C11H16N2O4S/c1-8(14)11(15)12-9-5-4-6-10(7-9)18(16,17)13(2)3/h4-8,14H,1-3H3,(H,12,15)/t8-/m0/s1. The Morgan fingerprint density at radius 3 is 2.50 bits per heavy atom. The number of amides is 1. The maximum absolute atomic E-state index is 11.9. The second-order valence-electron chi connectivity index (χ2n) is 3.98. The van der Waals surface area contributed by atoms with Gasteiger partial charge in [0.1, 0.15) is 6.10 Å². The van der Waals surface area contributed by atoms with Crippen LogP contribution in [0.2, 0.25) is 0 Å². The topological polar surface area (TPSA) is 86.7 Å². The highest BCUT2D eigenvalue weighted by Crippen LogP contribution is 2.18. The van der Waals surface area contributed by atoms with Crippen LogP contribution in [-0.2, 0) is 14.8 Å². The van der Waals surface area contributed by atoms with E-state index in [0.29, 0.717) is 5.69 Å². The Kier molecular flexibility index (Phi) is 4.44. The third-order valence-corrected chi connectivity index (χ3v) is 4.07. The molecule has 18 heavy (non-hydrogen) atoms. The lowest BCUT2D eigenvalue weighted by Gasteiger charge is -2.13. The van der Waals surface area contributed by atoms with E-state index < -0.39 is 22.0 Å². The van der Waals surface area contributed by atoms with Gasteiger partial charge in [-0.2, -0.15) is 0 Å². The molecule has 0 heterocycles. The van der Waals surface area contributed by atoms with E-state index in [-0.39, 0.29) is 4.90 Å². The van der Waals surface area contributed by atoms with E-state index in [1.807, 2.05) is 0 Å². The number of nitrogens with zero attached hydrogens (tertiary/aromatic N) is 1. The Balaban J connectivity index is 3.04. The van der Waals surface area contributed by atoms with E-state index in [1.165, 1.54) is 39.2 Å². The molecule has 2 N–H and O–H groups in total. The van der Waals surface area contributed by atoms with E-state index in [1.54, 1.807) is 6.07 Å². The first-order valence-electron chi connectivity index (χ1n) is 5.26. The van der Waals surface area contributed by atoms with Crippen LogP contribution in [0.3, 0.4) is 0 Å². The molecule has 1 atom stereocenters. The van der Waals surface area contributed by atoms with Crippen molar-refractivity contribution in [3.63, 3.8) is 0 Å². The van der Waals surface area contributed by atoms with Crippen molar-refractivity contribution >= 4 is 21.6 Å². The molecule has 0 aromatic heterocycles. The Bertz CT molecular complexity index is 538. The van der Waals surface area contributed by atoms with Gasteiger partial charge in [-0.05, 0) is 25.1 Å². The number of rotatable bonds is 4. The summed E-state index contributed by atoms with van der Waals surface area (Å²) >= 11 is 0. The predicted octanol–water partition coefficient (Wildman–Crippen LogP) is 0.256. The van der Waals surface area contributed by atoms with Crippen molar-refractivity contribution in [1.82, 2.24) is 4.31 Å². The number of aliphatic hydroxyl groups excluding tert-OH is 1. The van der Waals surface area contributed by atoms with E-state index in [4.69, 9.17) is 5.11 Å². The lowest BCUT2D eigenvalue weighted by atomic mass is 10.3. The van der Waals surface area contributed by atoms with Crippen LogP contribution in [-0.4, -0.2) is 43.9 Å². The van der Waals surface area contributed by atoms with Crippen molar-refractivity contribution in [3.8, 4) is 0 Å². The quantitative estimate of drug-likeness (QED) is 0.823. The first-order valence-corrected chi connectivity index (χ1v) is 6.70. The molecule has 0 aliphatic heterocycles. The lowest BCUT2D eigenvalue weighted by Crippen LogP contribution is -2.25. The molecular formula is C11H16N2O4S. The molecule has 0 fully saturated rings. The molecule has 1 aromatic rings. The summed E-state index contributed by atoms with van der Waals surface area (Å²) in [7, 11) is -0.682. The molecule has 1 aromatic carbocycles. The smallest absolute Gasteiger partial charge is 0.252 e. The average Bonchev–Trinajstić information content (AvgIpc) is 2.28.